The predicted molar refractivity (Wildman–Crippen MR) is 73.1 cm³/mol. The molecule has 2 heterocycles. The molecule has 0 spiro atoms. The van der Waals surface area contributed by atoms with Crippen LogP contribution in [0, 0.1) is 0 Å². The van der Waals surface area contributed by atoms with Gasteiger partial charge in [-0.15, -0.1) is 11.6 Å². The van der Waals surface area contributed by atoms with Gasteiger partial charge in [0.15, 0.2) is 0 Å². The molecule has 20 heavy (non-hydrogen) atoms. The van der Waals surface area contributed by atoms with Crippen molar-refractivity contribution in [1.29, 1.82) is 0 Å². The van der Waals surface area contributed by atoms with Crippen LogP contribution >= 0.6 is 11.6 Å². The Hall–Kier alpha value is -1.56. The van der Waals surface area contributed by atoms with Crippen molar-refractivity contribution < 1.29 is 9.59 Å². The zero-order chi connectivity index (χ0) is 14.3. The van der Waals surface area contributed by atoms with Crippen LogP contribution in [0.15, 0.2) is 12.3 Å². The Labute approximate surface area is 122 Å². The highest BCUT2D eigenvalue weighted by Gasteiger charge is 2.48. The van der Waals surface area contributed by atoms with E-state index < -0.39 is 0 Å². The molecular formula is C13H17ClN4O2. The van der Waals surface area contributed by atoms with Gasteiger partial charge in [0.25, 0.3) is 0 Å². The standard InChI is InChI=1S/C13H17ClN4O2/c1-17-10(4-5-15-17)13-9(16-11(19)7-14)6-12(20)18(13)8-2-3-8/h4-5,8-9,13H,2-3,6-7H2,1H3,(H,16,19)/t9-,13-/m0/s1. The highest BCUT2D eigenvalue weighted by atomic mass is 35.5. The first-order valence-electron chi connectivity index (χ1n) is 6.76. The molecule has 1 N–H and O–H groups in total. The van der Waals surface area contributed by atoms with Crippen LogP contribution in [0.2, 0.25) is 0 Å². The van der Waals surface area contributed by atoms with E-state index in [0.717, 1.165) is 18.5 Å². The number of likely N-dealkylation sites (tertiary alicyclic amines) is 1. The number of nitrogens with one attached hydrogen (secondary N) is 1. The minimum absolute atomic E-state index is 0.0910. The lowest BCUT2D eigenvalue weighted by molar-refractivity contribution is -0.129. The number of amides is 2. The van der Waals surface area contributed by atoms with Gasteiger partial charge >= 0.3 is 0 Å². The highest BCUT2D eigenvalue weighted by Crippen LogP contribution is 2.41. The molecule has 0 aromatic carbocycles. The Kier molecular flexibility index (Phi) is 3.41. The molecule has 3 rings (SSSR count). The molecule has 1 aromatic heterocycles. The smallest absolute Gasteiger partial charge is 0.235 e. The van der Waals surface area contributed by atoms with E-state index in [4.69, 9.17) is 11.6 Å². The number of hydrogen-bond donors (Lipinski definition) is 1. The first-order valence-corrected chi connectivity index (χ1v) is 7.29. The number of hydrogen-bond acceptors (Lipinski definition) is 3. The SMILES string of the molecule is Cn1nccc1[C@@H]1[C@@H](NC(=O)CCl)CC(=O)N1C1CC1. The van der Waals surface area contributed by atoms with Crippen molar-refractivity contribution in [3.8, 4) is 0 Å². The molecule has 1 saturated heterocycles. The number of carbonyl (C=O) groups excluding carboxylic acids is 2. The van der Waals surface area contributed by atoms with Gasteiger partial charge in [-0.1, -0.05) is 0 Å². The number of halogens is 1. The molecule has 7 heteroatoms. The molecule has 2 fully saturated rings. The van der Waals surface area contributed by atoms with Crippen LogP contribution in [-0.2, 0) is 16.6 Å². The Morgan fingerprint density at radius 3 is 2.85 bits per heavy atom. The largest absolute Gasteiger partial charge is 0.349 e. The summed E-state index contributed by atoms with van der Waals surface area (Å²) < 4.78 is 1.76. The topological polar surface area (TPSA) is 67.2 Å². The number of nitrogens with zero attached hydrogens (tertiary/aromatic N) is 3. The second kappa shape index (κ2) is 5.09. The summed E-state index contributed by atoms with van der Waals surface area (Å²) in [4.78, 5) is 25.7. The molecule has 0 bridgehead atoms. The summed E-state index contributed by atoms with van der Waals surface area (Å²) in [6.07, 6.45) is 4.12. The van der Waals surface area contributed by atoms with Crippen molar-refractivity contribution in [3.05, 3.63) is 18.0 Å². The number of rotatable bonds is 4. The van der Waals surface area contributed by atoms with Gasteiger partial charge in [-0.2, -0.15) is 5.10 Å². The van der Waals surface area contributed by atoms with Crippen LogP contribution < -0.4 is 5.32 Å². The Balaban J connectivity index is 1.91. The van der Waals surface area contributed by atoms with E-state index in [-0.39, 0.29) is 29.8 Å². The minimum atomic E-state index is -0.241. The van der Waals surface area contributed by atoms with E-state index in [2.05, 4.69) is 10.4 Å². The maximum atomic E-state index is 12.3. The summed E-state index contributed by atoms with van der Waals surface area (Å²) in [5.74, 6) is -0.237. The van der Waals surface area contributed by atoms with Crippen molar-refractivity contribution in [2.75, 3.05) is 5.88 Å². The average Bonchev–Trinajstić information content (AvgIpc) is 3.09. The average molecular weight is 297 g/mol. The number of aromatic nitrogens is 2. The van der Waals surface area contributed by atoms with Gasteiger partial charge in [0.2, 0.25) is 11.8 Å². The van der Waals surface area contributed by atoms with Crippen molar-refractivity contribution in [3.63, 3.8) is 0 Å². The zero-order valence-electron chi connectivity index (χ0n) is 11.3. The van der Waals surface area contributed by atoms with Gasteiger partial charge in [-0.3, -0.25) is 14.3 Å². The quantitative estimate of drug-likeness (QED) is 0.827. The van der Waals surface area contributed by atoms with Gasteiger partial charge < -0.3 is 10.2 Å². The molecule has 2 atom stereocenters. The second-order valence-corrected chi connectivity index (χ2v) is 5.64. The molecule has 1 aliphatic carbocycles. The number of aryl methyl sites for hydroxylation is 1. The van der Waals surface area contributed by atoms with Gasteiger partial charge in [0.1, 0.15) is 5.88 Å². The van der Waals surface area contributed by atoms with Crippen LogP contribution in [0.1, 0.15) is 31.0 Å². The fraction of sp³-hybridized carbons (Fsp3) is 0.615. The van der Waals surface area contributed by atoms with Crippen LogP contribution in [0.3, 0.4) is 0 Å². The fourth-order valence-electron chi connectivity index (χ4n) is 2.94. The summed E-state index contributed by atoms with van der Waals surface area (Å²) in [6.45, 7) is 0. The molecule has 0 radical (unpaired) electrons. The Morgan fingerprint density at radius 1 is 1.55 bits per heavy atom. The van der Waals surface area contributed by atoms with E-state index >= 15 is 0 Å². The number of carbonyl (C=O) groups is 2. The maximum Gasteiger partial charge on any atom is 0.235 e. The fourth-order valence-corrected chi connectivity index (χ4v) is 3.01. The molecular weight excluding hydrogens is 280 g/mol. The summed E-state index contributed by atoms with van der Waals surface area (Å²) in [7, 11) is 1.85. The van der Waals surface area contributed by atoms with Gasteiger partial charge in [-0.05, 0) is 18.9 Å². The molecule has 6 nitrogen and oxygen atoms in total. The van der Waals surface area contributed by atoms with E-state index in [0.29, 0.717) is 12.5 Å². The van der Waals surface area contributed by atoms with E-state index in [9.17, 15) is 9.59 Å². The third-order valence-electron chi connectivity index (χ3n) is 3.93. The molecule has 108 valence electrons. The first-order chi connectivity index (χ1) is 9.61. The predicted octanol–water partition coefficient (Wildman–Crippen LogP) is 0.579. The van der Waals surface area contributed by atoms with Gasteiger partial charge in [-0.25, -0.2) is 0 Å². The summed E-state index contributed by atoms with van der Waals surface area (Å²) in [6, 6.07) is 1.83. The molecule has 1 saturated carbocycles. The molecule has 0 unspecified atom stereocenters. The lowest BCUT2D eigenvalue weighted by atomic mass is 10.1. The van der Waals surface area contributed by atoms with Gasteiger partial charge in [0.05, 0.1) is 17.8 Å². The third kappa shape index (κ3) is 2.28. The summed E-state index contributed by atoms with van der Waals surface area (Å²) in [5, 5.41) is 7.04. The zero-order valence-corrected chi connectivity index (χ0v) is 12.0. The van der Waals surface area contributed by atoms with Crippen LogP contribution in [0.4, 0.5) is 0 Å². The van der Waals surface area contributed by atoms with Crippen LogP contribution in [0.25, 0.3) is 0 Å². The van der Waals surface area contributed by atoms with Gasteiger partial charge in [0, 0.05) is 25.7 Å². The second-order valence-electron chi connectivity index (χ2n) is 5.37. The molecule has 1 aliphatic heterocycles. The van der Waals surface area contributed by atoms with E-state index in [1.807, 2.05) is 18.0 Å². The van der Waals surface area contributed by atoms with Crippen molar-refractivity contribution in [2.24, 2.45) is 7.05 Å². The Morgan fingerprint density at radius 2 is 2.30 bits per heavy atom. The lowest BCUT2D eigenvalue weighted by Gasteiger charge is -2.28. The highest BCUT2D eigenvalue weighted by molar-refractivity contribution is 6.27. The van der Waals surface area contributed by atoms with Crippen molar-refractivity contribution in [1.82, 2.24) is 20.0 Å². The maximum absolute atomic E-state index is 12.3. The van der Waals surface area contributed by atoms with Crippen molar-refractivity contribution >= 4 is 23.4 Å². The van der Waals surface area contributed by atoms with Crippen molar-refractivity contribution in [2.45, 2.75) is 37.4 Å². The lowest BCUT2D eigenvalue weighted by Crippen LogP contribution is -2.41. The molecule has 1 aromatic rings. The Bertz CT molecular complexity index is 540. The molecule has 2 aliphatic rings. The van der Waals surface area contributed by atoms with E-state index in [1.54, 1.807) is 10.9 Å². The number of alkyl halides is 1. The summed E-state index contributed by atoms with van der Waals surface area (Å²) in [5.41, 5.74) is 0.947. The monoisotopic (exact) mass is 296 g/mol. The summed E-state index contributed by atoms with van der Waals surface area (Å²) >= 11 is 5.55. The van der Waals surface area contributed by atoms with Crippen LogP contribution in [-0.4, -0.2) is 44.5 Å². The van der Waals surface area contributed by atoms with E-state index in [1.165, 1.54) is 0 Å². The minimum Gasteiger partial charge on any atom is -0.349 e. The van der Waals surface area contributed by atoms with Crippen LogP contribution in [0.5, 0.6) is 0 Å². The first kappa shape index (κ1) is 13.4. The third-order valence-corrected chi connectivity index (χ3v) is 4.18. The normalized spacial score (nSPS) is 26.1. The molecule has 2 amide bonds.